The van der Waals surface area contributed by atoms with Gasteiger partial charge in [-0.15, -0.1) is 0 Å². The van der Waals surface area contributed by atoms with Gasteiger partial charge in [-0.05, 0) is 37.1 Å². The highest BCUT2D eigenvalue weighted by Crippen LogP contribution is 2.18. The number of hydrogen-bond acceptors (Lipinski definition) is 4. The summed E-state index contributed by atoms with van der Waals surface area (Å²) in [5.74, 6) is 1.23. The number of anilines is 2. The van der Waals surface area contributed by atoms with Crippen LogP contribution in [-0.2, 0) is 9.59 Å². The van der Waals surface area contributed by atoms with Crippen molar-refractivity contribution in [1.29, 1.82) is 0 Å². The predicted molar refractivity (Wildman–Crippen MR) is 102 cm³/mol. The van der Waals surface area contributed by atoms with Crippen LogP contribution < -0.4 is 20.1 Å². The molecular formula is C20H24N2O4. The number of nitrogens with one attached hydrogen (secondary N) is 2. The molecule has 2 aromatic carbocycles. The maximum atomic E-state index is 12.0. The van der Waals surface area contributed by atoms with E-state index in [1.54, 1.807) is 26.4 Å². The van der Waals surface area contributed by atoms with Crippen LogP contribution in [0.25, 0.3) is 0 Å². The Bertz CT molecular complexity index is 683. The molecule has 0 aliphatic rings. The van der Waals surface area contributed by atoms with Crippen molar-refractivity contribution >= 4 is 23.2 Å². The average Bonchev–Trinajstić information content (AvgIpc) is 2.65. The molecule has 0 aromatic heterocycles. The van der Waals surface area contributed by atoms with Gasteiger partial charge in [0.1, 0.15) is 11.5 Å². The summed E-state index contributed by atoms with van der Waals surface area (Å²) in [5, 5.41) is 5.65. The third-order valence-corrected chi connectivity index (χ3v) is 3.76. The number of methoxy groups -OCH3 is 2. The van der Waals surface area contributed by atoms with Gasteiger partial charge in [0.05, 0.1) is 14.2 Å². The monoisotopic (exact) mass is 356 g/mol. The van der Waals surface area contributed by atoms with E-state index in [9.17, 15) is 9.59 Å². The minimum Gasteiger partial charge on any atom is -0.497 e. The van der Waals surface area contributed by atoms with E-state index in [-0.39, 0.29) is 11.8 Å². The van der Waals surface area contributed by atoms with Gasteiger partial charge in [-0.2, -0.15) is 0 Å². The van der Waals surface area contributed by atoms with Crippen LogP contribution in [0.1, 0.15) is 25.7 Å². The number of carbonyl (C=O) groups is 2. The molecule has 2 amide bonds. The van der Waals surface area contributed by atoms with Gasteiger partial charge >= 0.3 is 0 Å². The van der Waals surface area contributed by atoms with Crippen molar-refractivity contribution < 1.29 is 19.1 Å². The Morgan fingerprint density at radius 3 is 1.58 bits per heavy atom. The Morgan fingerprint density at radius 2 is 1.19 bits per heavy atom. The summed E-state index contributed by atoms with van der Waals surface area (Å²) in [4.78, 5) is 23.9. The fourth-order valence-corrected chi connectivity index (χ4v) is 2.42. The topological polar surface area (TPSA) is 76.7 Å². The Morgan fingerprint density at radius 1 is 0.769 bits per heavy atom. The number of unbranched alkanes of at least 4 members (excludes halogenated alkanes) is 1. The van der Waals surface area contributed by atoms with Crippen LogP contribution in [-0.4, -0.2) is 26.0 Å². The molecule has 2 aromatic rings. The lowest BCUT2D eigenvalue weighted by Gasteiger charge is -2.08. The van der Waals surface area contributed by atoms with Crippen molar-refractivity contribution in [2.24, 2.45) is 0 Å². The second kappa shape index (κ2) is 10.1. The van der Waals surface area contributed by atoms with E-state index in [4.69, 9.17) is 9.47 Å². The first kappa shape index (κ1) is 19.3. The summed E-state index contributed by atoms with van der Waals surface area (Å²) in [6.07, 6.45) is 2.01. The van der Waals surface area contributed by atoms with E-state index < -0.39 is 0 Å². The Kier molecular flexibility index (Phi) is 7.49. The van der Waals surface area contributed by atoms with Crippen LogP contribution in [0.3, 0.4) is 0 Å². The fraction of sp³-hybridized carbons (Fsp3) is 0.300. The standard InChI is InChI=1S/C20H24N2O4/c1-25-17-9-5-7-15(13-17)21-19(23)11-3-4-12-20(24)22-16-8-6-10-18(14-16)26-2/h5-10,13-14H,3-4,11-12H2,1-2H3,(H,21,23)(H,22,24). The highest BCUT2D eigenvalue weighted by molar-refractivity contribution is 5.92. The number of carbonyl (C=O) groups excluding carboxylic acids is 2. The first-order valence-electron chi connectivity index (χ1n) is 8.48. The second-order valence-corrected chi connectivity index (χ2v) is 5.77. The van der Waals surface area contributed by atoms with Gasteiger partial charge < -0.3 is 20.1 Å². The molecule has 2 N–H and O–H groups in total. The van der Waals surface area contributed by atoms with Crippen molar-refractivity contribution in [3.8, 4) is 11.5 Å². The van der Waals surface area contributed by atoms with Crippen LogP contribution in [0.2, 0.25) is 0 Å². The molecule has 0 spiro atoms. The molecule has 2 rings (SSSR count). The van der Waals surface area contributed by atoms with Crippen LogP contribution in [0, 0.1) is 0 Å². The molecule has 0 saturated carbocycles. The molecule has 0 aliphatic carbocycles. The maximum absolute atomic E-state index is 12.0. The first-order valence-corrected chi connectivity index (χ1v) is 8.48. The molecule has 0 atom stereocenters. The van der Waals surface area contributed by atoms with Crippen molar-refractivity contribution in [3.05, 3.63) is 48.5 Å². The minimum atomic E-state index is -0.0774. The second-order valence-electron chi connectivity index (χ2n) is 5.77. The van der Waals surface area contributed by atoms with Gasteiger partial charge in [0.25, 0.3) is 0 Å². The van der Waals surface area contributed by atoms with Crippen molar-refractivity contribution in [2.45, 2.75) is 25.7 Å². The smallest absolute Gasteiger partial charge is 0.224 e. The van der Waals surface area contributed by atoms with Gasteiger partial charge in [0.15, 0.2) is 0 Å². The van der Waals surface area contributed by atoms with Crippen LogP contribution in [0.5, 0.6) is 11.5 Å². The molecule has 0 bridgehead atoms. The Balaban J connectivity index is 1.67. The SMILES string of the molecule is COc1cccc(NC(=O)CCCCC(=O)Nc2cccc(OC)c2)c1. The maximum Gasteiger partial charge on any atom is 0.224 e. The van der Waals surface area contributed by atoms with Crippen LogP contribution in [0.4, 0.5) is 11.4 Å². The van der Waals surface area contributed by atoms with E-state index in [0.717, 1.165) is 0 Å². The van der Waals surface area contributed by atoms with Gasteiger partial charge in [-0.1, -0.05) is 12.1 Å². The van der Waals surface area contributed by atoms with E-state index in [1.165, 1.54) is 0 Å². The average molecular weight is 356 g/mol. The van der Waals surface area contributed by atoms with Crippen molar-refractivity contribution in [2.75, 3.05) is 24.9 Å². The highest BCUT2D eigenvalue weighted by atomic mass is 16.5. The number of benzene rings is 2. The summed E-state index contributed by atoms with van der Waals surface area (Å²) in [6.45, 7) is 0. The van der Waals surface area contributed by atoms with E-state index in [1.807, 2.05) is 36.4 Å². The summed E-state index contributed by atoms with van der Waals surface area (Å²) in [7, 11) is 3.16. The zero-order valence-corrected chi connectivity index (χ0v) is 15.1. The quantitative estimate of drug-likeness (QED) is 0.669. The fourth-order valence-electron chi connectivity index (χ4n) is 2.42. The third kappa shape index (κ3) is 6.47. The lowest BCUT2D eigenvalue weighted by molar-refractivity contribution is -0.118. The molecular weight excluding hydrogens is 332 g/mol. The molecule has 6 nitrogen and oxygen atoms in total. The molecule has 0 unspecified atom stereocenters. The van der Waals surface area contributed by atoms with E-state index in [2.05, 4.69) is 10.6 Å². The lowest BCUT2D eigenvalue weighted by Crippen LogP contribution is -2.13. The van der Waals surface area contributed by atoms with Gasteiger partial charge in [0.2, 0.25) is 11.8 Å². The van der Waals surface area contributed by atoms with Crippen LogP contribution in [0.15, 0.2) is 48.5 Å². The zero-order chi connectivity index (χ0) is 18.8. The summed E-state index contributed by atoms with van der Waals surface area (Å²) in [5.41, 5.74) is 1.40. The highest BCUT2D eigenvalue weighted by Gasteiger charge is 2.06. The zero-order valence-electron chi connectivity index (χ0n) is 15.1. The normalized spacial score (nSPS) is 10.1. The molecule has 0 radical (unpaired) electrons. The summed E-state index contributed by atoms with van der Waals surface area (Å²) < 4.78 is 10.2. The number of rotatable bonds is 9. The van der Waals surface area contributed by atoms with Gasteiger partial charge in [-0.3, -0.25) is 9.59 Å². The van der Waals surface area contributed by atoms with E-state index >= 15 is 0 Å². The summed E-state index contributed by atoms with van der Waals surface area (Å²) >= 11 is 0. The number of hydrogen-bond donors (Lipinski definition) is 2. The molecule has 0 aliphatic heterocycles. The predicted octanol–water partition coefficient (Wildman–Crippen LogP) is 3.84. The molecule has 0 saturated heterocycles. The van der Waals surface area contributed by atoms with E-state index in [0.29, 0.717) is 48.6 Å². The molecule has 0 heterocycles. The molecule has 6 heteroatoms. The van der Waals surface area contributed by atoms with Crippen LogP contribution >= 0.6 is 0 Å². The first-order chi connectivity index (χ1) is 12.6. The lowest BCUT2D eigenvalue weighted by atomic mass is 10.1. The molecule has 138 valence electrons. The number of amides is 2. The molecule has 26 heavy (non-hydrogen) atoms. The third-order valence-electron chi connectivity index (χ3n) is 3.76. The Labute approximate surface area is 153 Å². The minimum absolute atomic E-state index is 0.0774. The van der Waals surface area contributed by atoms with Gasteiger partial charge in [0, 0.05) is 36.3 Å². The van der Waals surface area contributed by atoms with Crippen molar-refractivity contribution in [3.63, 3.8) is 0 Å². The molecule has 0 fully saturated rings. The largest absolute Gasteiger partial charge is 0.497 e. The van der Waals surface area contributed by atoms with Gasteiger partial charge in [-0.25, -0.2) is 0 Å². The Hall–Kier alpha value is -3.02. The number of ether oxygens (including phenoxy) is 2. The summed E-state index contributed by atoms with van der Waals surface area (Å²) in [6, 6.07) is 14.4. The van der Waals surface area contributed by atoms with Crippen molar-refractivity contribution in [1.82, 2.24) is 0 Å².